The first-order valence-electron chi connectivity index (χ1n) is 4.75. The number of hydrogen-bond donors (Lipinski definition) is 0. The molecule has 0 aromatic rings. The van der Waals surface area contributed by atoms with Crippen molar-refractivity contribution < 1.29 is 9.18 Å². The fourth-order valence-corrected chi connectivity index (χ4v) is 2.24. The van der Waals surface area contributed by atoms with Crippen molar-refractivity contribution in [1.82, 2.24) is 0 Å². The van der Waals surface area contributed by atoms with Gasteiger partial charge in [0, 0.05) is 5.41 Å². The van der Waals surface area contributed by atoms with Gasteiger partial charge in [-0.3, -0.25) is 4.39 Å². The van der Waals surface area contributed by atoms with Crippen LogP contribution in [0.1, 0.15) is 39.0 Å². The second kappa shape index (κ2) is 4.01. The van der Waals surface area contributed by atoms with Crippen LogP contribution < -0.4 is 0 Å². The Hall–Kier alpha value is -0.400. The number of aldehydes is 1. The summed E-state index contributed by atoms with van der Waals surface area (Å²) in [7, 11) is 0. The molecule has 2 heteroatoms. The Bertz CT molecular complexity index is 158. The number of halogens is 1. The van der Waals surface area contributed by atoms with E-state index in [4.69, 9.17) is 0 Å². The quantitative estimate of drug-likeness (QED) is 0.596. The molecule has 0 heterocycles. The van der Waals surface area contributed by atoms with E-state index in [0.717, 1.165) is 32.0 Å². The fraction of sp³-hybridized carbons (Fsp3) is 0.900. The summed E-state index contributed by atoms with van der Waals surface area (Å²) in [5.41, 5.74) is -0.161. The van der Waals surface area contributed by atoms with E-state index in [1.54, 1.807) is 0 Å². The molecule has 1 aliphatic carbocycles. The standard InChI is InChI=1S/C10H17FO/c1-9-3-5-10(7-9,8-12)4-2-6-11/h8-9H,2-7H2,1H3. The van der Waals surface area contributed by atoms with Gasteiger partial charge < -0.3 is 4.79 Å². The third-order valence-corrected chi connectivity index (χ3v) is 2.95. The second-order valence-electron chi connectivity index (χ2n) is 4.12. The number of carbonyl (C=O) groups excluding carboxylic acids is 1. The van der Waals surface area contributed by atoms with E-state index < -0.39 is 0 Å². The molecule has 2 unspecified atom stereocenters. The molecule has 0 aromatic heterocycles. The summed E-state index contributed by atoms with van der Waals surface area (Å²) in [4.78, 5) is 10.9. The normalized spacial score (nSPS) is 35.3. The summed E-state index contributed by atoms with van der Waals surface area (Å²) < 4.78 is 11.9. The van der Waals surface area contributed by atoms with Gasteiger partial charge in [0.2, 0.25) is 0 Å². The first-order valence-corrected chi connectivity index (χ1v) is 4.75. The van der Waals surface area contributed by atoms with Gasteiger partial charge in [0.1, 0.15) is 6.29 Å². The van der Waals surface area contributed by atoms with Crippen molar-refractivity contribution in [3.63, 3.8) is 0 Å². The highest BCUT2D eigenvalue weighted by Gasteiger charge is 2.36. The summed E-state index contributed by atoms with van der Waals surface area (Å²) in [5.74, 6) is 0.648. The van der Waals surface area contributed by atoms with Crippen LogP contribution in [0.5, 0.6) is 0 Å². The molecular formula is C10H17FO. The van der Waals surface area contributed by atoms with Crippen molar-refractivity contribution in [3.05, 3.63) is 0 Å². The van der Waals surface area contributed by atoms with Gasteiger partial charge in [-0.1, -0.05) is 6.92 Å². The van der Waals surface area contributed by atoms with Gasteiger partial charge in [-0.15, -0.1) is 0 Å². The van der Waals surface area contributed by atoms with Gasteiger partial charge in [-0.25, -0.2) is 0 Å². The molecule has 1 fully saturated rings. The maximum absolute atomic E-state index is 11.9. The Morgan fingerprint density at radius 3 is 2.83 bits per heavy atom. The molecule has 0 bridgehead atoms. The lowest BCUT2D eigenvalue weighted by atomic mass is 9.82. The van der Waals surface area contributed by atoms with Crippen molar-refractivity contribution in [3.8, 4) is 0 Å². The van der Waals surface area contributed by atoms with Gasteiger partial charge in [0.05, 0.1) is 6.67 Å². The van der Waals surface area contributed by atoms with Gasteiger partial charge >= 0.3 is 0 Å². The van der Waals surface area contributed by atoms with Crippen LogP contribution in [0.25, 0.3) is 0 Å². The summed E-state index contributed by atoms with van der Waals surface area (Å²) in [5, 5.41) is 0. The summed E-state index contributed by atoms with van der Waals surface area (Å²) in [6.45, 7) is 1.88. The largest absolute Gasteiger partial charge is 0.303 e. The molecule has 0 N–H and O–H groups in total. The van der Waals surface area contributed by atoms with E-state index in [2.05, 4.69) is 6.92 Å². The van der Waals surface area contributed by atoms with E-state index in [1.807, 2.05) is 0 Å². The fourth-order valence-electron chi connectivity index (χ4n) is 2.24. The van der Waals surface area contributed by atoms with Crippen LogP contribution in [0.2, 0.25) is 0 Å². The molecule has 0 aromatic carbocycles. The lowest BCUT2D eigenvalue weighted by molar-refractivity contribution is -0.116. The third kappa shape index (κ3) is 2.05. The Balaban J connectivity index is 2.46. The predicted octanol–water partition coefficient (Wildman–Crippen LogP) is 2.74. The molecule has 0 saturated heterocycles. The van der Waals surface area contributed by atoms with Gasteiger partial charge in [0.25, 0.3) is 0 Å². The second-order valence-corrected chi connectivity index (χ2v) is 4.12. The average molecular weight is 172 g/mol. The first-order chi connectivity index (χ1) is 5.72. The van der Waals surface area contributed by atoms with Crippen LogP contribution in [-0.2, 0) is 4.79 Å². The molecule has 1 saturated carbocycles. The van der Waals surface area contributed by atoms with E-state index in [1.165, 1.54) is 0 Å². The van der Waals surface area contributed by atoms with E-state index >= 15 is 0 Å². The molecule has 70 valence electrons. The lowest BCUT2D eigenvalue weighted by Gasteiger charge is -2.20. The summed E-state index contributed by atoms with van der Waals surface area (Å²) >= 11 is 0. The van der Waals surface area contributed by atoms with E-state index in [9.17, 15) is 9.18 Å². The zero-order valence-corrected chi connectivity index (χ0v) is 7.68. The third-order valence-electron chi connectivity index (χ3n) is 2.95. The van der Waals surface area contributed by atoms with Crippen LogP contribution >= 0.6 is 0 Å². The monoisotopic (exact) mass is 172 g/mol. The highest BCUT2D eigenvalue weighted by Crippen LogP contribution is 2.43. The Morgan fingerprint density at radius 1 is 1.67 bits per heavy atom. The van der Waals surface area contributed by atoms with Crippen molar-refractivity contribution in [2.45, 2.75) is 39.0 Å². The maximum atomic E-state index is 11.9. The molecule has 1 aliphatic rings. The molecule has 1 rings (SSSR count). The summed E-state index contributed by atoms with van der Waals surface area (Å²) in [6, 6.07) is 0. The van der Waals surface area contributed by atoms with Crippen LogP contribution in [0.3, 0.4) is 0 Å². The van der Waals surface area contributed by atoms with Crippen molar-refractivity contribution in [2.75, 3.05) is 6.67 Å². The Kier molecular flexibility index (Phi) is 3.24. The Morgan fingerprint density at radius 2 is 2.42 bits per heavy atom. The molecule has 2 atom stereocenters. The minimum Gasteiger partial charge on any atom is -0.303 e. The van der Waals surface area contributed by atoms with Crippen molar-refractivity contribution in [1.29, 1.82) is 0 Å². The number of hydrogen-bond acceptors (Lipinski definition) is 1. The topological polar surface area (TPSA) is 17.1 Å². The van der Waals surface area contributed by atoms with Gasteiger partial charge in [0.15, 0.2) is 0 Å². The van der Waals surface area contributed by atoms with Gasteiger partial charge in [-0.05, 0) is 38.0 Å². The van der Waals surface area contributed by atoms with Crippen LogP contribution in [0.4, 0.5) is 4.39 Å². The first kappa shape index (κ1) is 9.69. The zero-order valence-electron chi connectivity index (χ0n) is 7.68. The van der Waals surface area contributed by atoms with Crippen molar-refractivity contribution in [2.24, 2.45) is 11.3 Å². The smallest absolute Gasteiger partial charge is 0.126 e. The van der Waals surface area contributed by atoms with Crippen LogP contribution in [0.15, 0.2) is 0 Å². The number of rotatable bonds is 4. The zero-order chi connectivity index (χ0) is 9.03. The molecule has 0 spiro atoms. The highest BCUT2D eigenvalue weighted by molar-refractivity contribution is 5.59. The number of carbonyl (C=O) groups is 1. The molecule has 12 heavy (non-hydrogen) atoms. The van der Waals surface area contributed by atoms with Gasteiger partial charge in [-0.2, -0.15) is 0 Å². The van der Waals surface area contributed by atoms with Crippen LogP contribution in [0, 0.1) is 11.3 Å². The number of alkyl halides is 1. The minimum atomic E-state index is -0.288. The van der Waals surface area contributed by atoms with E-state index in [0.29, 0.717) is 12.3 Å². The molecule has 0 amide bonds. The Labute approximate surface area is 73.3 Å². The van der Waals surface area contributed by atoms with E-state index in [-0.39, 0.29) is 12.1 Å². The lowest BCUT2D eigenvalue weighted by Crippen LogP contribution is -2.18. The predicted molar refractivity (Wildman–Crippen MR) is 46.7 cm³/mol. The van der Waals surface area contributed by atoms with Crippen molar-refractivity contribution >= 4 is 6.29 Å². The SMILES string of the molecule is CC1CCC(C=O)(CCCF)C1. The highest BCUT2D eigenvalue weighted by atomic mass is 19.1. The molecule has 0 radical (unpaired) electrons. The summed E-state index contributed by atoms with van der Waals surface area (Å²) in [6.07, 6.45) is 5.42. The molecule has 1 nitrogen and oxygen atoms in total. The molecular weight excluding hydrogens is 155 g/mol. The van der Waals surface area contributed by atoms with Crippen LogP contribution in [-0.4, -0.2) is 13.0 Å². The minimum absolute atomic E-state index is 0.161. The average Bonchev–Trinajstić information content (AvgIpc) is 2.45. The maximum Gasteiger partial charge on any atom is 0.126 e. The molecule has 0 aliphatic heterocycles.